The summed E-state index contributed by atoms with van der Waals surface area (Å²) in [5, 5.41) is 10.4. The Bertz CT molecular complexity index is 492. The van der Waals surface area contributed by atoms with Gasteiger partial charge in [0.1, 0.15) is 0 Å². The fourth-order valence-corrected chi connectivity index (χ4v) is 3.44. The molecule has 0 heterocycles. The molecule has 0 aliphatic heterocycles. The van der Waals surface area contributed by atoms with E-state index in [9.17, 15) is 18.3 Å². The average molecular weight is 403 g/mol. The zero-order chi connectivity index (χ0) is 15.6. The number of hydrogen-bond acceptors (Lipinski definition) is 2. The third-order valence-electron chi connectivity index (χ3n) is 4.18. The van der Waals surface area contributed by atoms with Crippen LogP contribution < -0.4 is 5.73 Å². The van der Waals surface area contributed by atoms with Crippen molar-refractivity contribution >= 4 is 28.3 Å². The Hall–Kier alpha value is -0.300. The minimum Gasteiger partial charge on any atom is -0.391 e. The van der Waals surface area contributed by atoms with Gasteiger partial charge in [-0.05, 0) is 42.5 Å². The van der Waals surface area contributed by atoms with E-state index in [1.807, 2.05) is 0 Å². The Kier molecular flexibility index (Phi) is 7.18. The summed E-state index contributed by atoms with van der Waals surface area (Å²) in [5.41, 5.74) is 5.60. The van der Waals surface area contributed by atoms with E-state index in [0.717, 1.165) is 44.2 Å². The van der Waals surface area contributed by atoms with E-state index in [2.05, 4.69) is 15.9 Å². The normalized spacial score (nSPS) is 19.4. The van der Waals surface area contributed by atoms with Crippen LogP contribution >= 0.6 is 28.3 Å². The first-order valence-corrected chi connectivity index (χ1v) is 7.90. The van der Waals surface area contributed by atoms with Crippen molar-refractivity contribution in [2.24, 2.45) is 11.7 Å². The fourth-order valence-electron chi connectivity index (χ4n) is 2.93. The molecule has 1 aromatic rings. The van der Waals surface area contributed by atoms with Crippen LogP contribution in [0, 0.1) is 5.92 Å². The maximum Gasteiger partial charge on any atom is 0.416 e. The highest BCUT2D eigenvalue weighted by atomic mass is 79.9. The van der Waals surface area contributed by atoms with Crippen LogP contribution in [0.1, 0.15) is 49.3 Å². The van der Waals surface area contributed by atoms with Gasteiger partial charge in [0.2, 0.25) is 0 Å². The van der Waals surface area contributed by atoms with E-state index >= 15 is 0 Å². The second-order valence-corrected chi connectivity index (χ2v) is 6.50. The molecule has 3 N–H and O–H groups in total. The summed E-state index contributed by atoms with van der Waals surface area (Å²) in [6, 6.07) is 2.56. The highest BCUT2D eigenvalue weighted by Crippen LogP contribution is 2.37. The Balaban J connectivity index is 0.00000242. The maximum atomic E-state index is 12.8. The number of alkyl halides is 3. The summed E-state index contributed by atoms with van der Waals surface area (Å²) in [6.45, 7) is 0. The molecule has 1 aliphatic rings. The summed E-state index contributed by atoms with van der Waals surface area (Å²) < 4.78 is 38.9. The van der Waals surface area contributed by atoms with Gasteiger partial charge in [0.15, 0.2) is 0 Å². The number of nitrogens with two attached hydrogens (primary N) is 1. The molecule has 0 bridgehead atoms. The summed E-state index contributed by atoms with van der Waals surface area (Å²) >= 11 is 3.23. The molecule has 2 rings (SSSR count). The van der Waals surface area contributed by atoms with E-state index in [1.165, 1.54) is 6.07 Å². The van der Waals surface area contributed by atoms with E-state index < -0.39 is 23.9 Å². The van der Waals surface area contributed by atoms with Gasteiger partial charge in [-0.15, -0.1) is 12.4 Å². The van der Waals surface area contributed by atoms with Gasteiger partial charge in [-0.2, -0.15) is 13.2 Å². The van der Waals surface area contributed by atoms with Crippen molar-refractivity contribution in [1.82, 2.24) is 0 Å². The molecule has 1 aromatic carbocycles. The molecule has 2 nitrogen and oxygen atoms in total. The average Bonchev–Trinajstić information content (AvgIpc) is 2.46. The molecule has 0 amide bonds. The lowest BCUT2D eigenvalue weighted by molar-refractivity contribution is -0.137. The molecule has 2 atom stereocenters. The Morgan fingerprint density at radius 1 is 1.18 bits per heavy atom. The van der Waals surface area contributed by atoms with Crippen molar-refractivity contribution < 1.29 is 18.3 Å². The van der Waals surface area contributed by atoms with Crippen LogP contribution in [0.5, 0.6) is 0 Å². The lowest BCUT2D eigenvalue weighted by Gasteiger charge is -2.31. The van der Waals surface area contributed by atoms with Gasteiger partial charge in [-0.25, -0.2) is 0 Å². The van der Waals surface area contributed by atoms with Gasteiger partial charge in [-0.1, -0.05) is 35.2 Å². The molecule has 1 fully saturated rings. The third kappa shape index (κ3) is 4.60. The molecule has 0 saturated heterocycles. The molecule has 0 radical (unpaired) electrons. The first kappa shape index (κ1) is 19.7. The van der Waals surface area contributed by atoms with E-state index in [0.29, 0.717) is 10.0 Å². The molecule has 7 heteroatoms. The smallest absolute Gasteiger partial charge is 0.391 e. The summed E-state index contributed by atoms with van der Waals surface area (Å²) in [5.74, 6) is 0.0650. The van der Waals surface area contributed by atoms with Crippen LogP contribution in [0.3, 0.4) is 0 Å². The first-order chi connectivity index (χ1) is 9.80. The molecule has 1 aliphatic carbocycles. The molecule has 0 spiro atoms. The minimum absolute atomic E-state index is 0. The largest absolute Gasteiger partial charge is 0.416 e. The molecule has 1 saturated carbocycles. The van der Waals surface area contributed by atoms with Crippen molar-refractivity contribution in [3.8, 4) is 0 Å². The standard InChI is InChI=1S/C15H19BrF3NO.ClH/c16-12-7-6-10(15(17,18)19)8-11(12)13(20)14(21)9-4-2-1-3-5-9;/h6-9,13-14,21H,1-5,20H2;1H/t13-,14+;/m0./s1. The van der Waals surface area contributed by atoms with Gasteiger partial charge in [0.05, 0.1) is 17.7 Å². The fraction of sp³-hybridized carbons (Fsp3) is 0.600. The molecule has 22 heavy (non-hydrogen) atoms. The summed E-state index contributed by atoms with van der Waals surface area (Å²) in [4.78, 5) is 0. The quantitative estimate of drug-likeness (QED) is 0.760. The monoisotopic (exact) mass is 401 g/mol. The first-order valence-electron chi connectivity index (χ1n) is 7.11. The zero-order valence-electron chi connectivity index (χ0n) is 11.9. The molecule has 0 aromatic heterocycles. The number of aliphatic hydroxyl groups is 1. The van der Waals surface area contributed by atoms with Crippen LogP contribution in [0.4, 0.5) is 13.2 Å². The van der Waals surface area contributed by atoms with Gasteiger partial charge in [0, 0.05) is 4.47 Å². The summed E-state index contributed by atoms with van der Waals surface area (Å²) in [6.07, 6.45) is -0.241. The number of halogens is 5. The van der Waals surface area contributed by atoms with Crippen molar-refractivity contribution in [3.63, 3.8) is 0 Å². The zero-order valence-corrected chi connectivity index (χ0v) is 14.3. The summed E-state index contributed by atoms with van der Waals surface area (Å²) in [7, 11) is 0. The van der Waals surface area contributed by atoms with E-state index in [4.69, 9.17) is 5.73 Å². The van der Waals surface area contributed by atoms with Crippen LogP contribution in [0.15, 0.2) is 22.7 Å². The SMILES string of the molecule is Cl.N[C@@H](c1cc(C(F)(F)F)ccc1Br)[C@H](O)C1CCCCC1. The van der Waals surface area contributed by atoms with Crippen molar-refractivity contribution in [1.29, 1.82) is 0 Å². The van der Waals surface area contributed by atoms with Gasteiger partial charge in [-0.3, -0.25) is 0 Å². The Morgan fingerprint density at radius 2 is 1.77 bits per heavy atom. The van der Waals surface area contributed by atoms with Gasteiger partial charge in [0.25, 0.3) is 0 Å². The molecule has 0 unspecified atom stereocenters. The number of aliphatic hydroxyl groups excluding tert-OH is 1. The Labute approximate surface area is 142 Å². The maximum absolute atomic E-state index is 12.8. The molecule has 126 valence electrons. The minimum atomic E-state index is -4.41. The second kappa shape index (κ2) is 7.99. The van der Waals surface area contributed by atoms with Crippen LogP contribution in [0.25, 0.3) is 0 Å². The molecular weight excluding hydrogens is 383 g/mol. The molecular formula is C15H20BrClF3NO. The van der Waals surface area contributed by atoms with Crippen molar-refractivity contribution in [3.05, 3.63) is 33.8 Å². The lowest BCUT2D eigenvalue weighted by atomic mass is 9.81. The van der Waals surface area contributed by atoms with Crippen molar-refractivity contribution in [2.45, 2.75) is 50.4 Å². The van der Waals surface area contributed by atoms with Crippen LogP contribution in [0.2, 0.25) is 0 Å². The predicted octanol–water partition coefficient (Wildman–Crippen LogP) is 4.83. The highest BCUT2D eigenvalue weighted by Gasteiger charge is 2.33. The Morgan fingerprint density at radius 3 is 2.32 bits per heavy atom. The number of benzene rings is 1. The predicted molar refractivity (Wildman–Crippen MR) is 85.9 cm³/mol. The highest BCUT2D eigenvalue weighted by molar-refractivity contribution is 9.10. The van der Waals surface area contributed by atoms with Crippen molar-refractivity contribution in [2.75, 3.05) is 0 Å². The second-order valence-electron chi connectivity index (χ2n) is 5.65. The van der Waals surface area contributed by atoms with Crippen LogP contribution in [-0.4, -0.2) is 11.2 Å². The third-order valence-corrected chi connectivity index (χ3v) is 4.91. The van der Waals surface area contributed by atoms with Gasteiger partial charge >= 0.3 is 6.18 Å². The van der Waals surface area contributed by atoms with E-state index in [-0.39, 0.29) is 18.3 Å². The topological polar surface area (TPSA) is 46.2 Å². The number of rotatable bonds is 3. The van der Waals surface area contributed by atoms with E-state index in [1.54, 1.807) is 0 Å². The number of hydrogen-bond donors (Lipinski definition) is 2. The lowest BCUT2D eigenvalue weighted by Crippen LogP contribution is -2.34. The van der Waals surface area contributed by atoms with Gasteiger partial charge < -0.3 is 10.8 Å². The van der Waals surface area contributed by atoms with Crippen LogP contribution in [-0.2, 0) is 6.18 Å².